The van der Waals surface area contributed by atoms with Gasteiger partial charge in [-0.1, -0.05) is 16.8 Å². The number of furan rings is 1. The summed E-state index contributed by atoms with van der Waals surface area (Å²) in [5, 5.41) is 3.51. The monoisotopic (exact) mass is 466 g/mol. The molecule has 0 atom stereocenters. The Morgan fingerprint density at radius 2 is 1.77 bits per heavy atom. The summed E-state index contributed by atoms with van der Waals surface area (Å²) < 4.78 is 67.7. The first-order chi connectivity index (χ1) is 13.6. The van der Waals surface area contributed by atoms with Crippen LogP contribution in [0.1, 0.15) is 36.9 Å². The van der Waals surface area contributed by atoms with Crippen LogP contribution in [0.15, 0.2) is 39.9 Å². The quantitative estimate of drug-likeness (QED) is 0.305. The van der Waals surface area contributed by atoms with Crippen LogP contribution < -0.4 is 5.73 Å². The van der Waals surface area contributed by atoms with Crippen molar-refractivity contribution in [2.75, 3.05) is 5.75 Å². The molecule has 1 heterocycles. The van der Waals surface area contributed by atoms with Gasteiger partial charge in [-0.2, -0.15) is 13.2 Å². The Bertz CT molecular complexity index is 1070. The van der Waals surface area contributed by atoms with Gasteiger partial charge in [0.15, 0.2) is 15.7 Å². The largest absolute Gasteiger partial charge is 0.451 e. The number of hydrogen-bond acceptors (Lipinski definition) is 6. The number of alkyl halides is 3. The van der Waals surface area contributed by atoms with Crippen LogP contribution in [0, 0.1) is 0 Å². The smallest absolute Gasteiger partial charge is 0.450 e. The zero-order valence-electron chi connectivity index (χ0n) is 16.1. The minimum atomic E-state index is -5.00. The van der Waals surface area contributed by atoms with Crippen LogP contribution in [0.5, 0.6) is 0 Å². The predicted octanol–water partition coefficient (Wildman–Crippen LogP) is 4.26. The molecule has 2 aromatic rings. The molecule has 0 aliphatic heterocycles. The summed E-state index contributed by atoms with van der Waals surface area (Å²) in [6.07, 6.45) is -5.00. The lowest BCUT2D eigenvalue weighted by Gasteiger charge is -2.18. The van der Waals surface area contributed by atoms with Crippen LogP contribution >= 0.6 is 11.6 Å². The first kappa shape index (κ1) is 23.7. The van der Waals surface area contributed by atoms with Crippen molar-refractivity contribution in [3.05, 3.63) is 46.7 Å². The van der Waals surface area contributed by atoms with E-state index in [0.29, 0.717) is 5.02 Å². The molecule has 30 heavy (non-hydrogen) atoms. The number of benzene rings is 1. The molecule has 7 nitrogen and oxygen atoms in total. The van der Waals surface area contributed by atoms with Gasteiger partial charge in [-0.15, -0.1) is 0 Å². The molecule has 1 aromatic heterocycles. The molecule has 0 unspecified atom stereocenters. The molecule has 12 heteroatoms. The Labute approximate surface area is 175 Å². The van der Waals surface area contributed by atoms with Crippen molar-refractivity contribution >= 4 is 33.2 Å². The van der Waals surface area contributed by atoms with Crippen LogP contribution in [-0.2, 0) is 20.9 Å². The van der Waals surface area contributed by atoms with Crippen molar-refractivity contribution < 1.29 is 35.6 Å². The van der Waals surface area contributed by atoms with Crippen LogP contribution in [-0.4, -0.2) is 30.7 Å². The summed E-state index contributed by atoms with van der Waals surface area (Å²) >= 11 is 5.75. The molecule has 0 radical (unpaired) electrons. The standard InChI is InChI=1S/C18H18ClF3N2O5S/c1-17(2,3)30(26,27)9-14(23)24-29-16(25)12-8-13(28-15(12)18(20,21)22)10-4-6-11(19)7-5-10/h4-8H,9H2,1-3H3,(H2,23,24). The number of oxime groups is 1. The molecule has 0 amide bonds. The SMILES string of the molecule is CC(C)(C)S(=O)(=O)C/C(N)=N\OC(=O)c1cc(-c2ccc(Cl)cc2)oc1C(F)(F)F. The first-order valence-corrected chi connectivity index (χ1v) is 10.4. The molecule has 164 valence electrons. The van der Waals surface area contributed by atoms with Crippen molar-refractivity contribution in [2.24, 2.45) is 10.9 Å². The van der Waals surface area contributed by atoms with E-state index < -0.39 is 49.6 Å². The van der Waals surface area contributed by atoms with Gasteiger partial charge in [0.25, 0.3) is 0 Å². The molecule has 0 saturated carbocycles. The average molecular weight is 467 g/mol. The van der Waals surface area contributed by atoms with Gasteiger partial charge in [-0.3, -0.25) is 0 Å². The Hall–Kier alpha value is -2.53. The fourth-order valence-corrected chi connectivity index (χ4v) is 3.10. The number of amidine groups is 1. The molecular weight excluding hydrogens is 449 g/mol. The molecule has 2 rings (SSSR count). The Morgan fingerprint density at radius 3 is 2.27 bits per heavy atom. The highest BCUT2D eigenvalue weighted by atomic mass is 35.5. The molecule has 0 aliphatic carbocycles. The second kappa shape index (κ2) is 8.31. The van der Waals surface area contributed by atoms with E-state index >= 15 is 0 Å². The first-order valence-electron chi connectivity index (χ1n) is 8.35. The van der Waals surface area contributed by atoms with E-state index in [2.05, 4.69) is 9.99 Å². The molecule has 0 aliphatic rings. The fourth-order valence-electron chi connectivity index (χ4n) is 2.10. The summed E-state index contributed by atoms with van der Waals surface area (Å²) in [4.78, 5) is 16.6. The number of carbonyl (C=O) groups excluding carboxylic acids is 1. The fraction of sp³-hybridized carbons (Fsp3) is 0.333. The second-order valence-electron chi connectivity index (χ2n) is 7.19. The predicted molar refractivity (Wildman–Crippen MR) is 105 cm³/mol. The number of sulfone groups is 1. The molecule has 1 aromatic carbocycles. The lowest BCUT2D eigenvalue weighted by molar-refractivity contribution is -0.153. The molecule has 0 bridgehead atoms. The van der Waals surface area contributed by atoms with E-state index in [1.807, 2.05) is 0 Å². The molecular formula is C18H18ClF3N2O5S. The lowest BCUT2D eigenvalue weighted by Crippen LogP contribution is -2.36. The third kappa shape index (κ3) is 5.54. The number of halogens is 4. The van der Waals surface area contributed by atoms with E-state index in [1.54, 1.807) is 0 Å². The summed E-state index contributed by atoms with van der Waals surface area (Å²) in [7, 11) is -3.73. The second-order valence-corrected chi connectivity index (χ2v) is 10.4. The Morgan fingerprint density at radius 1 is 1.20 bits per heavy atom. The van der Waals surface area contributed by atoms with E-state index in [1.165, 1.54) is 45.0 Å². The van der Waals surface area contributed by atoms with Gasteiger partial charge in [-0.05, 0) is 51.1 Å². The number of hydrogen-bond donors (Lipinski definition) is 1. The van der Waals surface area contributed by atoms with Crippen LogP contribution in [0.25, 0.3) is 11.3 Å². The van der Waals surface area contributed by atoms with Gasteiger partial charge in [-0.25, -0.2) is 13.2 Å². The summed E-state index contributed by atoms with van der Waals surface area (Å²) in [6.45, 7) is 4.29. The minimum absolute atomic E-state index is 0.239. The van der Waals surface area contributed by atoms with Gasteiger partial charge >= 0.3 is 12.1 Å². The van der Waals surface area contributed by atoms with E-state index in [4.69, 9.17) is 21.8 Å². The highest BCUT2D eigenvalue weighted by Crippen LogP contribution is 2.37. The van der Waals surface area contributed by atoms with E-state index in [-0.39, 0.29) is 11.3 Å². The highest BCUT2D eigenvalue weighted by molar-refractivity contribution is 7.93. The molecule has 0 fully saturated rings. The van der Waals surface area contributed by atoms with Gasteiger partial charge < -0.3 is 15.0 Å². The maximum atomic E-state index is 13.3. The van der Waals surface area contributed by atoms with Crippen LogP contribution in [0.4, 0.5) is 13.2 Å². The molecule has 2 N–H and O–H groups in total. The topological polar surface area (TPSA) is 112 Å². The zero-order chi connectivity index (χ0) is 22.9. The minimum Gasteiger partial charge on any atom is -0.451 e. The molecule has 0 saturated heterocycles. The van der Waals surface area contributed by atoms with Gasteiger partial charge in [0.05, 0.1) is 4.75 Å². The number of nitrogens with two attached hydrogens (primary N) is 1. The van der Waals surface area contributed by atoms with Crippen LogP contribution in [0.2, 0.25) is 5.02 Å². The van der Waals surface area contributed by atoms with Gasteiger partial charge in [0.2, 0.25) is 5.76 Å². The van der Waals surface area contributed by atoms with Gasteiger partial charge in [0, 0.05) is 10.6 Å². The maximum absolute atomic E-state index is 13.3. The third-order valence-electron chi connectivity index (χ3n) is 3.85. The average Bonchev–Trinajstić information content (AvgIpc) is 3.05. The summed E-state index contributed by atoms with van der Waals surface area (Å²) in [5.41, 5.74) is 4.75. The Kier molecular flexibility index (Phi) is 6.57. The number of nitrogens with zero attached hydrogens (tertiary/aromatic N) is 1. The number of carbonyl (C=O) groups is 1. The van der Waals surface area contributed by atoms with Crippen molar-refractivity contribution in [1.82, 2.24) is 0 Å². The van der Waals surface area contributed by atoms with Crippen molar-refractivity contribution in [1.29, 1.82) is 0 Å². The zero-order valence-corrected chi connectivity index (χ0v) is 17.7. The number of rotatable bonds is 5. The summed E-state index contributed by atoms with van der Waals surface area (Å²) in [5.74, 6) is -4.68. The van der Waals surface area contributed by atoms with E-state index in [9.17, 15) is 26.4 Å². The Balaban J connectivity index is 2.31. The molecule has 0 spiro atoms. The van der Waals surface area contributed by atoms with E-state index in [0.717, 1.165) is 6.07 Å². The maximum Gasteiger partial charge on any atom is 0.450 e. The third-order valence-corrected chi connectivity index (χ3v) is 6.65. The highest BCUT2D eigenvalue weighted by Gasteiger charge is 2.41. The van der Waals surface area contributed by atoms with Crippen molar-refractivity contribution in [3.8, 4) is 11.3 Å². The van der Waals surface area contributed by atoms with Crippen molar-refractivity contribution in [3.63, 3.8) is 0 Å². The van der Waals surface area contributed by atoms with Crippen molar-refractivity contribution in [2.45, 2.75) is 31.7 Å². The summed E-state index contributed by atoms with van der Waals surface area (Å²) in [6, 6.07) is 6.52. The normalized spacial score (nSPS) is 13.4. The van der Waals surface area contributed by atoms with Crippen LogP contribution in [0.3, 0.4) is 0 Å². The lowest BCUT2D eigenvalue weighted by atomic mass is 10.1. The van der Waals surface area contributed by atoms with Gasteiger partial charge in [0.1, 0.15) is 17.1 Å².